The number of nitrogens with zero attached hydrogens (tertiary/aromatic N) is 7. The fourth-order valence-electron chi connectivity index (χ4n) is 5.20. The van der Waals surface area contributed by atoms with Gasteiger partial charge < -0.3 is 0 Å². The Hall–Kier alpha value is -3.62. The van der Waals surface area contributed by atoms with E-state index in [1.807, 2.05) is 6.07 Å². The van der Waals surface area contributed by atoms with Gasteiger partial charge >= 0.3 is 0 Å². The van der Waals surface area contributed by atoms with Crippen LogP contribution in [0.1, 0.15) is 57.0 Å². The van der Waals surface area contributed by atoms with Crippen molar-refractivity contribution in [3.63, 3.8) is 0 Å². The molecule has 0 saturated heterocycles. The van der Waals surface area contributed by atoms with Crippen molar-refractivity contribution >= 4 is 0 Å². The predicted octanol–water partition coefficient (Wildman–Crippen LogP) is 4.63. The maximum Gasteiger partial charge on any atom is 0.252 e. The highest BCUT2D eigenvalue weighted by Gasteiger charge is 2.57. The normalized spacial score (nSPS) is 21.2. The molecule has 4 aromatic rings. The summed E-state index contributed by atoms with van der Waals surface area (Å²) in [6, 6.07) is 7.45. The van der Waals surface area contributed by atoms with Gasteiger partial charge in [-0.15, -0.1) is 10.2 Å². The van der Waals surface area contributed by atoms with E-state index in [1.54, 1.807) is 24.7 Å². The molecule has 168 valence electrons. The van der Waals surface area contributed by atoms with Crippen LogP contribution < -0.4 is 0 Å². The molecule has 1 aromatic carbocycles. The molecular weight excluding hydrogens is 424 g/mol. The number of fused-ring (bicyclic) bond motifs is 1. The molecule has 1 aliphatic carbocycles. The molecular formula is C24H23F2N7. The second-order valence-corrected chi connectivity index (χ2v) is 9.03. The first kappa shape index (κ1) is 21.2. The first-order valence-corrected chi connectivity index (χ1v) is 10.8. The zero-order valence-electron chi connectivity index (χ0n) is 18.8. The Morgan fingerprint density at radius 2 is 1.79 bits per heavy atom. The van der Waals surface area contributed by atoms with Gasteiger partial charge in [0.05, 0.1) is 40.5 Å². The molecule has 5 rings (SSSR count). The summed E-state index contributed by atoms with van der Waals surface area (Å²) in [5, 5.41) is 16.7. The molecule has 2 unspecified atom stereocenters. The van der Waals surface area contributed by atoms with Gasteiger partial charge in [-0.1, -0.05) is 32.1 Å². The summed E-state index contributed by atoms with van der Waals surface area (Å²) in [5.41, 5.74) is 1.53. The number of benzene rings is 1. The Labute approximate surface area is 189 Å². The molecule has 7 nitrogen and oxygen atoms in total. The summed E-state index contributed by atoms with van der Waals surface area (Å²) in [4.78, 5) is 9.13. The van der Waals surface area contributed by atoms with E-state index in [9.17, 15) is 8.78 Å². The van der Waals surface area contributed by atoms with E-state index in [2.05, 4.69) is 53.2 Å². The second kappa shape index (κ2) is 7.47. The van der Waals surface area contributed by atoms with Crippen LogP contribution in [0.3, 0.4) is 0 Å². The third kappa shape index (κ3) is 2.98. The van der Waals surface area contributed by atoms with Crippen LogP contribution in [0.5, 0.6) is 0 Å². The molecule has 0 radical (unpaired) electrons. The van der Waals surface area contributed by atoms with E-state index >= 15 is 0 Å². The van der Waals surface area contributed by atoms with Gasteiger partial charge in [-0.2, -0.15) is 9.78 Å². The Bertz CT molecular complexity index is 1320. The molecule has 0 N–H and O–H groups in total. The maximum atomic E-state index is 14.5. The molecule has 0 saturated carbocycles. The van der Waals surface area contributed by atoms with Gasteiger partial charge in [0.2, 0.25) is 0 Å². The second-order valence-electron chi connectivity index (χ2n) is 9.03. The molecule has 0 spiro atoms. The summed E-state index contributed by atoms with van der Waals surface area (Å²) in [5.74, 6) is -0.843. The van der Waals surface area contributed by atoms with Crippen LogP contribution >= 0.6 is 0 Å². The van der Waals surface area contributed by atoms with E-state index in [1.165, 1.54) is 22.9 Å². The average molecular weight is 447 g/mol. The number of hydrogen-bond donors (Lipinski definition) is 0. The molecule has 0 fully saturated rings. The highest BCUT2D eigenvalue weighted by Crippen LogP contribution is 2.61. The largest absolute Gasteiger partial charge is 0.252 e. The molecule has 3 aromatic heterocycles. The third-order valence-corrected chi connectivity index (χ3v) is 7.24. The van der Waals surface area contributed by atoms with Gasteiger partial charge in [0, 0.05) is 6.20 Å². The van der Waals surface area contributed by atoms with Crippen LogP contribution in [0.4, 0.5) is 8.78 Å². The number of hydrogen-bond acceptors (Lipinski definition) is 6. The van der Waals surface area contributed by atoms with Crippen molar-refractivity contribution in [2.45, 2.75) is 45.4 Å². The number of aromatic nitrogens is 7. The molecule has 0 bridgehead atoms. The van der Waals surface area contributed by atoms with Crippen LogP contribution in [-0.2, 0) is 5.41 Å². The van der Waals surface area contributed by atoms with Crippen molar-refractivity contribution < 1.29 is 8.78 Å². The fraction of sp³-hybridized carbons (Fsp3) is 0.333. The van der Waals surface area contributed by atoms with Gasteiger partial charge in [-0.25, -0.2) is 18.7 Å². The number of halogens is 2. The molecule has 3 heterocycles. The summed E-state index contributed by atoms with van der Waals surface area (Å²) in [6.07, 6.45) is 5.76. The number of rotatable bonds is 4. The summed E-state index contributed by atoms with van der Waals surface area (Å²) >= 11 is 0. The van der Waals surface area contributed by atoms with Gasteiger partial charge in [-0.05, 0) is 54.5 Å². The van der Waals surface area contributed by atoms with Crippen molar-refractivity contribution in [2.24, 2.45) is 5.41 Å². The smallest absolute Gasteiger partial charge is 0.220 e. The van der Waals surface area contributed by atoms with Crippen LogP contribution in [0.15, 0.2) is 48.9 Å². The van der Waals surface area contributed by atoms with Crippen molar-refractivity contribution in [3.05, 3.63) is 77.5 Å². The lowest BCUT2D eigenvalue weighted by Crippen LogP contribution is -2.40. The summed E-state index contributed by atoms with van der Waals surface area (Å²) < 4.78 is 30.5. The Morgan fingerprint density at radius 3 is 2.45 bits per heavy atom. The molecule has 9 heteroatoms. The standard InChI is InChI=1S/C24H23F2N7/c1-5-15-14-13-18(20-16(25)7-6-8-17(20)26)30-31-21(14)24(4,23(15,2)3)19-9-10-27-22(29-19)33-12-11-28-32-33/h6-13,15H,5H2,1-4H3. The van der Waals surface area contributed by atoms with Crippen molar-refractivity contribution in [2.75, 3.05) is 0 Å². The van der Waals surface area contributed by atoms with Crippen LogP contribution in [0.2, 0.25) is 0 Å². The van der Waals surface area contributed by atoms with E-state index in [0.29, 0.717) is 5.95 Å². The molecule has 0 aliphatic heterocycles. The predicted molar refractivity (Wildman–Crippen MR) is 118 cm³/mol. The molecule has 0 amide bonds. The van der Waals surface area contributed by atoms with Gasteiger partial charge in [0.15, 0.2) is 0 Å². The minimum absolute atomic E-state index is 0.0753. The minimum atomic E-state index is -0.661. The monoisotopic (exact) mass is 447 g/mol. The zero-order valence-corrected chi connectivity index (χ0v) is 18.8. The third-order valence-electron chi connectivity index (χ3n) is 7.24. The van der Waals surface area contributed by atoms with E-state index in [0.717, 1.165) is 23.4 Å². The summed E-state index contributed by atoms with van der Waals surface area (Å²) in [7, 11) is 0. The molecule has 33 heavy (non-hydrogen) atoms. The maximum absolute atomic E-state index is 14.5. The lowest BCUT2D eigenvalue weighted by Gasteiger charge is -2.41. The summed E-state index contributed by atoms with van der Waals surface area (Å²) in [6.45, 7) is 8.53. The zero-order chi connectivity index (χ0) is 23.4. The van der Waals surface area contributed by atoms with Crippen LogP contribution in [0, 0.1) is 17.0 Å². The van der Waals surface area contributed by atoms with E-state index < -0.39 is 17.0 Å². The van der Waals surface area contributed by atoms with Gasteiger partial charge in [-0.3, -0.25) is 0 Å². The van der Waals surface area contributed by atoms with Crippen molar-refractivity contribution in [1.29, 1.82) is 0 Å². The first-order valence-electron chi connectivity index (χ1n) is 10.8. The van der Waals surface area contributed by atoms with Crippen molar-refractivity contribution in [1.82, 2.24) is 35.2 Å². The topological polar surface area (TPSA) is 82.3 Å². The van der Waals surface area contributed by atoms with Gasteiger partial charge in [0.25, 0.3) is 5.95 Å². The molecule has 1 aliphatic rings. The average Bonchev–Trinajstić information content (AvgIpc) is 3.39. The van der Waals surface area contributed by atoms with Crippen LogP contribution in [0.25, 0.3) is 17.2 Å². The van der Waals surface area contributed by atoms with Crippen molar-refractivity contribution in [3.8, 4) is 17.2 Å². The van der Waals surface area contributed by atoms with E-state index in [-0.39, 0.29) is 22.6 Å². The van der Waals surface area contributed by atoms with Crippen LogP contribution in [-0.4, -0.2) is 35.2 Å². The lowest BCUT2D eigenvalue weighted by atomic mass is 9.62. The highest BCUT2D eigenvalue weighted by molar-refractivity contribution is 5.63. The first-order chi connectivity index (χ1) is 15.8. The minimum Gasteiger partial charge on any atom is -0.220 e. The van der Waals surface area contributed by atoms with E-state index in [4.69, 9.17) is 4.98 Å². The lowest BCUT2D eigenvalue weighted by molar-refractivity contribution is 0.189. The quantitative estimate of drug-likeness (QED) is 0.454. The Morgan fingerprint density at radius 1 is 1.03 bits per heavy atom. The fourth-order valence-corrected chi connectivity index (χ4v) is 5.20. The van der Waals surface area contributed by atoms with Gasteiger partial charge in [0.1, 0.15) is 11.6 Å². The highest BCUT2D eigenvalue weighted by atomic mass is 19.1. The SMILES string of the molecule is CCC1c2cc(-c3c(F)cccc3F)nnc2C(C)(c2ccnc(-n3ccnn3)n2)C1(C)C. The molecule has 2 atom stereocenters. The Kier molecular flexibility index (Phi) is 4.81. The Balaban J connectivity index is 1.71.